The monoisotopic (exact) mass is 196 g/mol. The van der Waals surface area contributed by atoms with Crippen LogP contribution in [0.3, 0.4) is 0 Å². The van der Waals surface area contributed by atoms with Crippen LogP contribution < -0.4 is 5.32 Å². The van der Waals surface area contributed by atoms with Crippen molar-refractivity contribution in [2.24, 2.45) is 5.41 Å². The lowest BCUT2D eigenvalue weighted by Gasteiger charge is -2.16. The lowest BCUT2D eigenvalue weighted by Crippen LogP contribution is -2.29. The van der Waals surface area contributed by atoms with E-state index in [9.17, 15) is 0 Å². The molecule has 1 N–H and O–H groups in total. The van der Waals surface area contributed by atoms with Crippen molar-refractivity contribution in [2.45, 2.75) is 39.2 Å². The topological polar surface area (TPSA) is 45.0 Å². The molecule has 0 aromatic carbocycles. The first kappa shape index (κ1) is 11.5. The van der Waals surface area contributed by atoms with E-state index in [1.165, 1.54) is 12.8 Å². The van der Waals surface area contributed by atoms with Gasteiger partial charge in [0.2, 0.25) is 0 Å². The van der Waals surface area contributed by atoms with Gasteiger partial charge in [0, 0.05) is 13.2 Å². The second-order valence-electron chi connectivity index (χ2n) is 4.58. The van der Waals surface area contributed by atoms with Crippen LogP contribution in [0.25, 0.3) is 0 Å². The minimum atomic E-state index is -0.205. The average Bonchev–Trinajstić information content (AvgIpc) is 2.65. The van der Waals surface area contributed by atoms with E-state index in [-0.39, 0.29) is 5.41 Å². The largest absolute Gasteiger partial charge is 0.377 e. The van der Waals surface area contributed by atoms with Gasteiger partial charge in [-0.05, 0) is 39.7 Å². The lowest BCUT2D eigenvalue weighted by molar-refractivity contribution is 0.109. The third-order valence-corrected chi connectivity index (χ3v) is 2.63. The van der Waals surface area contributed by atoms with Gasteiger partial charge >= 0.3 is 0 Å². The maximum absolute atomic E-state index is 8.80. The Labute approximate surface area is 86.4 Å². The molecule has 0 amide bonds. The van der Waals surface area contributed by atoms with Gasteiger partial charge in [0.1, 0.15) is 0 Å². The van der Waals surface area contributed by atoms with E-state index in [0.717, 1.165) is 26.1 Å². The second kappa shape index (κ2) is 5.33. The van der Waals surface area contributed by atoms with Gasteiger partial charge in [0.05, 0.1) is 17.6 Å². The summed E-state index contributed by atoms with van der Waals surface area (Å²) in [6.45, 7) is 6.69. The summed E-state index contributed by atoms with van der Waals surface area (Å²) in [5.74, 6) is 0. The molecule has 0 aromatic rings. The molecule has 1 fully saturated rings. The quantitative estimate of drug-likeness (QED) is 0.681. The Morgan fingerprint density at radius 1 is 1.57 bits per heavy atom. The van der Waals surface area contributed by atoms with E-state index in [1.54, 1.807) is 0 Å². The normalized spacial score (nSPS) is 22.2. The Kier molecular flexibility index (Phi) is 4.37. The van der Waals surface area contributed by atoms with Gasteiger partial charge in [0.25, 0.3) is 0 Å². The molecule has 3 nitrogen and oxygen atoms in total. The van der Waals surface area contributed by atoms with Gasteiger partial charge in [-0.1, -0.05) is 0 Å². The second-order valence-corrected chi connectivity index (χ2v) is 4.58. The number of hydrogen-bond acceptors (Lipinski definition) is 3. The van der Waals surface area contributed by atoms with Gasteiger partial charge in [0.15, 0.2) is 0 Å². The molecule has 1 heterocycles. The molecule has 1 saturated heterocycles. The molecule has 1 rings (SSSR count). The highest BCUT2D eigenvalue weighted by Gasteiger charge is 2.17. The van der Waals surface area contributed by atoms with Gasteiger partial charge in [-0.2, -0.15) is 5.26 Å². The average molecular weight is 196 g/mol. The summed E-state index contributed by atoms with van der Waals surface area (Å²) in [5.41, 5.74) is -0.205. The van der Waals surface area contributed by atoms with E-state index in [2.05, 4.69) is 11.4 Å². The maximum atomic E-state index is 8.80. The number of nitrogens with one attached hydrogen (secondary N) is 1. The number of nitriles is 1. The van der Waals surface area contributed by atoms with Crippen LogP contribution in [0.15, 0.2) is 0 Å². The van der Waals surface area contributed by atoms with Crippen molar-refractivity contribution in [3.63, 3.8) is 0 Å². The van der Waals surface area contributed by atoms with Crippen LogP contribution in [0.5, 0.6) is 0 Å². The predicted octanol–water partition coefficient (Wildman–Crippen LogP) is 1.69. The molecule has 1 unspecified atom stereocenters. The van der Waals surface area contributed by atoms with Gasteiger partial charge < -0.3 is 10.1 Å². The van der Waals surface area contributed by atoms with Crippen molar-refractivity contribution in [1.29, 1.82) is 5.26 Å². The molecule has 1 atom stereocenters. The Balaban J connectivity index is 2.02. The van der Waals surface area contributed by atoms with Crippen molar-refractivity contribution in [1.82, 2.24) is 5.32 Å². The third kappa shape index (κ3) is 4.08. The molecule has 80 valence electrons. The van der Waals surface area contributed by atoms with Crippen molar-refractivity contribution in [2.75, 3.05) is 19.7 Å². The molecule has 1 aliphatic rings. The van der Waals surface area contributed by atoms with Gasteiger partial charge in [-0.25, -0.2) is 0 Å². The first-order chi connectivity index (χ1) is 6.64. The van der Waals surface area contributed by atoms with Crippen LogP contribution in [-0.4, -0.2) is 25.8 Å². The molecule has 1 aliphatic heterocycles. The fraction of sp³-hybridized carbons (Fsp3) is 0.909. The van der Waals surface area contributed by atoms with Crippen LogP contribution in [0.4, 0.5) is 0 Å². The molecular formula is C11H20N2O. The van der Waals surface area contributed by atoms with Crippen molar-refractivity contribution < 1.29 is 4.74 Å². The minimum absolute atomic E-state index is 0.205. The predicted molar refractivity (Wildman–Crippen MR) is 55.9 cm³/mol. The first-order valence-corrected chi connectivity index (χ1v) is 5.38. The Morgan fingerprint density at radius 3 is 2.93 bits per heavy atom. The molecule has 14 heavy (non-hydrogen) atoms. The summed E-state index contributed by atoms with van der Waals surface area (Å²) in [6, 6.07) is 2.30. The number of hydrogen-bond donors (Lipinski definition) is 1. The zero-order valence-electron chi connectivity index (χ0n) is 9.18. The SMILES string of the molecule is CC(C)(C#N)CCNCC1CCCO1. The van der Waals surface area contributed by atoms with Crippen LogP contribution in [0.2, 0.25) is 0 Å². The maximum Gasteiger partial charge on any atom is 0.0700 e. The van der Waals surface area contributed by atoms with Crippen molar-refractivity contribution >= 4 is 0 Å². The molecule has 0 spiro atoms. The summed E-state index contributed by atoms with van der Waals surface area (Å²) in [4.78, 5) is 0. The van der Waals surface area contributed by atoms with E-state index in [1.807, 2.05) is 13.8 Å². The van der Waals surface area contributed by atoms with Crippen molar-refractivity contribution in [3.8, 4) is 6.07 Å². The Morgan fingerprint density at radius 2 is 2.36 bits per heavy atom. The Hall–Kier alpha value is -0.590. The molecule has 0 bridgehead atoms. The number of ether oxygens (including phenoxy) is 1. The van der Waals surface area contributed by atoms with Gasteiger partial charge in [-0.15, -0.1) is 0 Å². The smallest absolute Gasteiger partial charge is 0.0700 e. The standard InChI is InChI=1S/C11H20N2O/c1-11(2,9-12)5-6-13-8-10-4-3-7-14-10/h10,13H,3-8H2,1-2H3. The molecular weight excluding hydrogens is 176 g/mol. The van der Waals surface area contributed by atoms with Gasteiger partial charge in [-0.3, -0.25) is 0 Å². The summed E-state index contributed by atoms with van der Waals surface area (Å²) in [6.07, 6.45) is 3.67. The van der Waals surface area contributed by atoms with E-state index >= 15 is 0 Å². The van der Waals surface area contributed by atoms with E-state index < -0.39 is 0 Å². The molecule has 3 heteroatoms. The van der Waals surface area contributed by atoms with Crippen LogP contribution in [0.1, 0.15) is 33.1 Å². The summed E-state index contributed by atoms with van der Waals surface area (Å²) >= 11 is 0. The Bertz CT molecular complexity index is 202. The molecule has 0 aliphatic carbocycles. The first-order valence-electron chi connectivity index (χ1n) is 5.38. The van der Waals surface area contributed by atoms with Crippen LogP contribution in [-0.2, 0) is 4.74 Å². The molecule has 0 radical (unpaired) electrons. The van der Waals surface area contributed by atoms with Crippen molar-refractivity contribution in [3.05, 3.63) is 0 Å². The van der Waals surface area contributed by atoms with Crippen LogP contribution >= 0.6 is 0 Å². The summed E-state index contributed by atoms with van der Waals surface area (Å²) in [5, 5.41) is 12.1. The highest BCUT2D eigenvalue weighted by atomic mass is 16.5. The van der Waals surface area contributed by atoms with E-state index in [0.29, 0.717) is 6.10 Å². The highest BCUT2D eigenvalue weighted by Crippen LogP contribution is 2.17. The summed E-state index contributed by atoms with van der Waals surface area (Å²) in [7, 11) is 0. The summed E-state index contributed by atoms with van der Waals surface area (Å²) < 4.78 is 5.48. The minimum Gasteiger partial charge on any atom is -0.377 e. The zero-order valence-corrected chi connectivity index (χ0v) is 9.18. The van der Waals surface area contributed by atoms with E-state index in [4.69, 9.17) is 10.00 Å². The zero-order chi connectivity index (χ0) is 10.4. The number of rotatable bonds is 5. The fourth-order valence-corrected chi connectivity index (χ4v) is 1.53. The third-order valence-electron chi connectivity index (χ3n) is 2.63. The molecule has 0 aromatic heterocycles. The lowest BCUT2D eigenvalue weighted by atomic mass is 9.91. The highest BCUT2D eigenvalue weighted by molar-refractivity contribution is 4.91. The van der Waals surface area contributed by atoms with Crippen LogP contribution in [0, 0.1) is 16.7 Å². The molecule has 0 saturated carbocycles. The fourth-order valence-electron chi connectivity index (χ4n) is 1.53. The number of nitrogens with zero attached hydrogens (tertiary/aromatic N) is 1.